The van der Waals surface area contributed by atoms with E-state index < -0.39 is 0 Å². The fraction of sp³-hybridized carbons (Fsp3) is 0.176. The third kappa shape index (κ3) is 3.18. The van der Waals surface area contributed by atoms with E-state index >= 15 is 0 Å². The summed E-state index contributed by atoms with van der Waals surface area (Å²) in [6, 6.07) is 12.6. The number of aryl methyl sites for hydroxylation is 1. The minimum atomic E-state index is -0.219. The largest absolute Gasteiger partial charge is 0.494 e. The lowest BCUT2D eigenvalue weighted by Crippen LogP contribution is -2.04. The molecule has 2 aromatic carbocycles. The second kappa shape index (κ2) is 7.11. The first kappa shape index (κ1) is 16.6. The van der Waals surface area contributed by atoms with E-state index in [4.69, 9.17) is 27.9 Å². The van der Waals surface area contributed by atoms with Gasteiger partial charge in [-0.1, -0.05) is 41.4 Å². The quantitative estimate of drug-likeness (QED) is 0.462. The van der Waals surface area contributed by atoms with Crippen molar-refractivity contribution >= 4 is 39.8 Å². The monoisotopic (exact) mass is 364 g/mol. The zero-order valence-corrected chi connectivity index (χ0v) is 14.1. The molecular formula is C17H14Cl2N2O3. The van der Waals surface area contributed by atoms with Gasteiger partial charge in [-0.2, -0.15) is 0 Å². The molecule has 1 aromatic heterocycles. The van der Waals surface area contributed by atoms with Crippen LogP contribution < -0.4 is 4.74 Å². The molecule has 0 saturated heterocycles. The third-order valence-corrected chi connectivity index (χ3v) is 4.16. The van der Waals surface area contributed by atoms with Gasteiger partial charge < -0.3 is 14.4 Å². The molecule has 1 heterocycles. The molecule has 0 fully saturated rings. The Labute approximate surface area is 148 Å². The SMILES string of the molecule is O=Nc1c(O)n(CCCOc2ccccc2)c2c(Cl)cc(Cl)cc12. The molecule has 0 amide bonds. The second-order valence-corrected chi connectivity index (χ2v) is 6.06. The highest BCUT2D eigenvalue weighted by Gasteiger charge is 2.20. The maximum absolute atomic E-state index is 11.1. The first-order valence-electron chi connectivity index (χ1n) is 7.33. The molecule has 0 bridgehead atoms. The van der Waals surface area contributed by atoms with E-state index in [9.17, 15) is 10.0 Å². The van der Waals surface area contributed by atoms with Crippen molar-refractivity contribution in [3.63, 3.8) is 0 Å². The van der Waals surface area contributed by atoms with Gasteiger partial charge >= 0.3 is 0 Å². The maximum Gasteiger partial charge on any atom is 0.222 e. The number of nitrogens with zero attached hydrogens (tertiary/aromatic N) is 2. The number of benzene rings is 2. The van der Waals surface area contributed by atoms with Crippen molar-refractivity contribution in [2.75, 3.05) is 6.61 Å². The Morgan fingerprint density at radius 2 is 1.92 bits per heavy atom. The summed E-state index contributed by atoms with van der Waals surface area (Å²) in [5, 5.41) is 14.3. The summed E-state index contributed by atoms with van der Waals surface area (Å²) in [5.41, 5.74) is 0.478. The zero-order chi connectivity index (χ0) is 17.1. The Kier molecular flexibility index (Phi) is 4.92. The van der Waals surface area contributed by atoms with Crippen molar-refractivity contribution in [3.8, 4) is 11.6 Å². The molecule has 5 nitrogen and oxygen atoms in total. The molecule has 3 rings (SSSR count). The lowest BCUT2D eigenvalue weighted by Gasteiger charge is -2.09. The number of halogens is 2. The number of rotatable bonds is 6. The van der Waals surface area contributed by atoms with Gasteiger partial charge in [-0.3, -0.25) is 0 Å². The molecule has 0 unspecified atom stereocenters. The number of hydrogen-bond acceptors (Lipinski definition) is 4. The van der Waals surface area contributed by atoms with Gasteiger partial charge in [-0.25, -0.2) is 0 Å². The number of ether oxygens (including phenoxy) is 1. The maximum atomic E-state index is 11.1. The van der Waals surface area contributed by atoms with Crippen LogP contribution in [0.5, 0.6) is 11.6 Å². The molecule has 24 heavy (non-hydrogen) atoms. The van der Waals surface area contributed by atoms with E-state index in [1.54, 1.807) is 16.7 Å². The van der Waals surface area contributed by atoms with E-state index in [0.29, 0.717) is 40.5 Å². The molecule has 0 saturated carbocycles. The number of para-hydroxylation sites is 1. The van der Waals surface area contributed by atoms with Gasteiger partial charge in [0.15, 0.2) is 5.69 Å². The number of aromatic nitrogens is 1. The van der Waals surface area contributed by atoms with Crippen molar-refractivity contribution in [2.24, 2.45) is 5.18 Å². The van der Waals surface area contributed by atoms with Crippen molar-refractivity contribution < 1.29 is 9.84 Å². The van der Waals surface area contributed by atoms with Crippen LogP contribution >= 0.6 is 23.2 Å². The summed E-state index contributed by atoms with van der Waals surface area (Å²) >= 11 is 12.2. The number of nitroso groups, excluding NO2 is 1. The van der Waals surface area contributed by atoms with Crippen LogP contribution in [-0.4, -0.2) is 16.3 Å². The predicted octanol–water partition coefficient (Wildman–Crippen LogP) is 5.52. The highest BCUT2D eigenvalue weighted by molar-refractivity contribution is 6.39. The van der Waals surface area contributed by atoms with Gasteiger partial charge in [0.25, 0.3) is 0 Å². The lowest BCUT2D eigenvalue weighted by atomic mass is 10.2. The normalized spacial score (nSPS) is 10.9. The Balaban J connectivity index is 1.81. The highest BCUT2D eigenvalue weighted by atomic mass is 35.5. The lowest BCUT2D eigenvalue weighted by molar-refractivity contribution is 0.298. The predicted molar refractivity (Wildman–Crippen MR) is 95.6 cm³/mol. The molecule has 3 aromatic rings. The fourth-order valence-electron chi connectivity index (χ4n) is 2.61. The molecule has 0 spiro atoms. The van der Waals surface area contributed by atoms with Crippen LogP contribution in [0, 0.1) is 4.91 Å². The molecule has 124 valence electrons. The van der Waals surface area contributed by atoms with Crippen LogP contribution in [0.4, 0.5) is 5.69 Å². The number of hydrogen-bond donors (Lipinski definition) is 1. The van der Waals surface area contributed by atoms with Crippen LogP contribution in [0.25, 0.3) is 10.9 Å². The van der Waals surface area contributed by atoms with E-state index in [-0.39, 0.29) is 11.6 Å². The third-order valence-electron chi connectivity index (χ3n) is 3.65. The average molecular weight is 365 g/mol. The van der Waals surface area contributed by atoms with Crippen LogP contribution in [-0.2, 0) is 6.54 Å². The van der Waals surface area contributed by atoms with Gasteiger partial charge in [0.05, 0.1) is 17.1 Å². The minimum Gasteiger partial charge on any atom is -0.494 e. The highest BCUT2D eigenvalue weighted by Crippen LogP contribution is 2.42. The molecule has 0 atom stereocenters. The molecule has 1 N–H and O–H groups in total. The van der Waals surface area contributed by atoms with Crippen LogP contribution in [0.15, 0.2) is 47.6 Å². The minimum absolute atomic E-state index is 0.0571. The fourth-order valence-corrected chi connectivity index (χ4v) is 3.21. The molecule has 0 radical (unpaired) electrons. The molecule has 0 aliphatic rings. The van der Waals surface area contributed by atoms with Gasteiger partial charge in [0.2, 0.25) is 5.88 Å². The first-order chi connectivity index (χ1) is 11.6. The Morgan fingerprint density at radius 1 is 1.17 bits per heavy atom. The standard InChI is InChI=1S/C17H14Cl2N2O3/c18-11-9-13-15(20-23)17(22)21(16(13)14(19)10-11)7-4-8-24-12-5-2-1-3-6-12/h1-3,5-6,9-10,22H,4,7-8H2. The van der Waals surface area contributed by atoms with Gasteiger partial charge in [0.1, 0.15) is 5.75 Å². The Hall–Kier alpha value is -2.24. The number of aromatic hydroxyl groups is 1. The molecule has 0 aliphatic heterocycles. The smallest absolute Gasteiger partial charge is 0.222 e. The van der Waals surface area contributed by atoms with E-state index in [1.807, 2.05) is 30.3 Å². The van der Waals surface area contributed by atoms with E-state index in [2.05, 4.69) is 5.18 Å². The van der Waals surface area contributed by atoms with E-state index in [0.717, 1.165) is 5.75 Å². The molecule has 7 heteroatoms. The van der Waals surface area contributed by atoms with Crippen molar-refractivity contribution in [3.05, 3.63) is 57.4 Å². The first-order valence-corrected chi connectivity index (χ1v) is 8.09. The number of fused-ring (bicyclic) bond motifs is 1. The van der Waals surface area contributed by atoms with Crippen molar-refractivity contribution in [1.29, 1.82) is 0 Å². The Bertz CT molecular complexity index is 879. The summed E-state index contributed by atoms with van der Waals surface area (Å²) in [4.78, 5) is 11.1. The summed E-state index contributed by atoms with van der Waals surface area (Å²) < 4.78 is 7.18. The summed E-state index contributed by atoms with van der Waals surface area (Å²) in [5.74, 6) is 0.558. The summed E-state index contributed by atoms with van der Waals surface area (Å²) in [6.07, 6.45) is 0.615. The average Bonchev–Trinajstić information content (AvgIpc) is 2.84. The summed E-state index contributed by atoms with van der Waals surface area (Å²) in [6.45, 7) is 0.879. The summed E-state index contributed by atoms with van der Waals surface area (Å²) in [7, 11) is 0. The van der Waals surface area contributed by atoms with Crippen LogP contribution in [0.3, 0.4) is 0 Å². The van der Waals surface area contributed by atoms with Crippen LogP contribution in [0.2, 0.25) is 10.0 Å². The van der Waals surface area contributed by atoms with Crippen molar-refractivity contribution in [2.45, 2.75) is 13.0 Å². The van der Waals surface area contributed by atoms with Gasteiger partial charge in [0, 0.05) is 17.0 Å². The second-order valence-electron chi connectivity index (χ2n) is 5.21. The van der Waals surface area contributed by atoms with Gasteiger partial charge in [-0.15, -0.1) is 4.91 Å². The molecule has 0 aliphatic carbocycles. The van der Waals surface area contributed by atoms with Gasteiger partial charge in [-0.05, 0) is 35.9 Å². The zero-order valence-electron chi connectivity index (χ0n) is 12.6. The topological polar surface area (TPSA) is 63.8 Å². The molecular weight excluding hydrogens is 351 g/mol. The van der Waals surface area contributed by atoms with Crippen molar-refractivity contribution in [1.82, 2.24) is 4.57 Å². The Morgan fingerprint density at radius 3 is 2.62 bits per heavy atom. The van der Waals surface area contributed by atoms with Crippen LogP contribution in [0.1, 0.15) is 6.42 Å². The van der Waals surface area contributed by atoms with E-state index in [1.165, 1.54) is 0 Å².